The van der Waals surface area contributed by atoms with E-state index in [1.54, 1.807) is 45.2 Å². The molecule has 0 saturated carbocycles. The van der Waals surface area contributed by atoms with Gasteiger partial charge in [0, 0.05) is 25.0 Å². The molecule has 2 N–H and O–H groups in total. The molecule has 0 saturated heterocycles. The monoisotopic (exact) mass is 425 g/mol. The lowest BCUT2D eigenvalue weighted by Crippen LogP contribution is -2.29. The van der Waals surface area contributed by atoms with Crippen LogP contribution >= 0.6 is 0 Å². The zero-order valence-electron chi connectivity index (χ0n) is 16.9. The number of amides is 1. The van der Waals surface area contributed by atoms with Crippen molar-refractivity contribution in [1.82, 2.24) is 9.29 Å². The third kappa shape index (κ3) is 5.40. The third-order valence-corrected chi connectivity index (χ3v) is 5.70. The van der Waals surface area contributed by atoms with E-state index >= 15 is 0 Å². The molecule has 1 amide bonds. The molecule has 0 aliphatic carbocycles. The van der Waals surface area contributed by atoms with Gasteiger partial charge in [0.05, 0.1) is 11.4 Å². The van der Waals surface area contributed by atoms with Crippen LogP contribution in [0, 0.1) is 0 Å². The standard InChI is InChI=1S/C21H23N5O3S/c1-15(2)25-30(28,29)19-13-20(26(3)14-19)21(27)22-16-9-11-18(12-10-16)24-23-17-7-5-4-6-8-17/h4-15,25H,1-3H3,(H,22,27). The molecule has 0 atom stereocenters. The first-order valence-electron chi connectivity index (χ1n) is 9.31. The van der Waals surface area contributed by atoms with Gasteiger partial charge in [0.1, 0.15) is 10.6 Å². The largest absolute Gasteiger partial charge is 0.345 e. The average molecular weight is 426 g/mol. The van der Waals surface area contributed by atoms with Crippen molar-refractivity contribution < 1.29 is 13.2 Å². The molecule has 1 heterocycles. The number of benzene rings is 2. The minimum absolute atomic E-state index is 0.0421. The van der Waals surface area contributed by atoms with Crippen molar-refractivity contribution in [2.45, 2.75) is 24.8 Å². The number of nitrogens with one attached hydrogen (secondary N) is 2. The SMILES string of the molecule is CC(C)NS(=O)(=O)c1cc(C(=O)Nc2ccc(N=Nc3ccccc3)cc2)n(C)c1. The van der Waals surface area contributed by atoms with Gasteiger partial charge in [0.2, 0.25) is 10.0 Å². The summed E-state index contributed by atoms with van der Waals surface area (Å²) >= 11 is 0. The first-order valence-corrected chi connectivity index (χ1v) is 10.8. The maximum absolute atomic E-state index is 12.6. The second-order valence-electron chi connectivity index (χ2n) is 6.98. The van der Waals surface area contributed by atoms with Crippen molar-refractivity contribution in [2.24, 2.45) is 17.3 Å². The number of sulfonamides is 1. The van der Waals surface area contributed by atoms with E-state index in [0.717, 1.165) is 5.69 Å². The van der Waals surface area contributed by atoms with Gasteiger partial charge in [-0.1, -0.05) is 18.2 Å². The Balaban J connectivity index is 1.70. The number of carbonyl (C=O) groups is 1. The Morgan fingerprint density at radius 3 is 2.17 bits per heavy atom. The van der Waals surface area contributed by atoms with Crippen molar-refractivity contribution in [3.8, 4) is 0 Å². The Bertz CT molecular complexity index is 1150. The molecular formula is C21H23N5O3S. The zero-order chi connectivity index (χ0) is 21.7. The van der Waals surface area contributed by atoms with Gasteiger partial charge in [-0.15, -0.1) is 0 Å². The summed E-state index contributed by atoms with van der Waals surface area (Å²) in [5.41, 5.74) is 2.18. The summed E-state index contributed by atoms with van der Waals surface area (Å²) in [6.45, 7) is 3.47. The molecule has 0 radical (unpaired) electrons. The van der Waals surface area contributed by atoms with E-state index < -0.39 is 15.9 Å². The number of nitrogens with zero attached hydrogens (tertiary/aromatic N) is 3. The van der Waals surface area contributed by atoms with Crippen LogP contribution in [0.2, 0.25) is 0 Å². The highest BCUT2D eigenvalue weighted by Gasteiger charge is 2.21. The first kappa shape index (κ1) is 21.4. The fraction of sp³-hybridized carbons (Fsp3) is 0.190. The predicted molar refractivity (Wildman–Crippen MR) is 116 cm³/mol. The van der Waals surface area contributed by atoms with Gasteiger partial charge in [-0.05, 0) is 56.3 Å². The molecular weight excluding hydrogens is 402 g/mol. The van der Waals surface area contributed by atoms with Crippen LogP contribution in [0.25, 0.3) is 0 Å². The van der Waals surface area contributed by atoms with Gasteiger partial charge in [-0.25, -0.2) is 13.1 Å². The van der Waals surface area contributed by atoms with Gasteiger partial charge in [0.25, 0.3) is 5.91 Å². The number of aryl methyl sites for hydroxylation is 1. The fourth-order valence-corrected chi connectivity index (χ4v) is 4.02. The Morgan fingerprint density at radius 2 is 1.57 bits per heavy atom. The number of anilines is 1. The number of azo groups is 1. The van der Waals surface area contributed by atoms with Crippen molar-refractivity contribution in [3.05, 3.63) is 72.6 Å². The molecule has 0 aliphatic heterocycles. The summed E-state index contributed by atoms with van der Waals surface area (Å²) in [7, 11) is -2.05. The number of aromatic nitrogens is 1. The van der Waals surface area contributed by atoms with E-state index in [9.17, 15) is 13.2 Å². The van der Waals surface area contributed by atoms with E-state index in [0.29, 0.717) is 11.4 Å². The molecule has 0 aliphatic rings. The molecule has 30 heavy (non-hydrogen) atoms. The van der Waals surface area contributed by atoms with E-state index in [4.69, 9.17) is 0 Å². The van der Waals surface area contributed by atoms with Crippen molar-refractivity contribution in [2.75, 3.05) is 5.32 Å². The molecule has 0 fully saturated rings. The average Bonchev–Trinajstić information content (AvgIpc) is 3.10. The smallest absolute Gasteiger partial charge is 0.272 e. The molecule has 1 aromatic heterocycles. The van der Waals surface area contributed by atoms with Crippen LogP contribution < -0.4 is 10.0 Å². The lowest BCUT2D eigenvalue weighted by molar-refractivity contribution is 0.101. The maximum atomic E-state index is 12.6. The lowest BCUT2D eigenvalue weighted by atomic mass is 10.2. The molecule has 3 rings (SSSR count). The van der Waals surface area contributed by atoms with Crippen LogP contribution in [-0.2, 0) is 17.1 Å². The van der Waals surface area contributed by atoms with Crippen molar-refractivity contribution in [3.63, 3.8) is 0 Å². The summed E-state index contributed by atoms with van der Waals surface area (Å²) in [6.07, 6.45) is 1.41. The highest BCUT2D eigenvalue weighted by atomic mass is 32.2. The number of rotatable bonds is 7. The quantitative estimate of drug-likeness (QED) is 0.549. The molecule has 8 nitrogen and oxygen atoms in total. The topological polar surface area (TPSA) is 105 Å². The Morgan fingerprint density at radius 1 is 0.967 bits per heavy atom. The van der Waals surface area contributed by atoms with Crippen LogP contribution in [0.5, 0.6) is 0 Å². The summed E-state index contributed by atoms with van der Waals surface area (Å²) in [5, 5.41) is 11.1. The maximum Gasteiger partial charge on any atom is 0.272 e. The van der Waals surface area contributed by atoms with Gasteiger partial charge < -0.3 is 9.88 Å². The minimum atomic E-state index is -3.68. The Labute approximate surface area is 175 Å². The molecule has 156 valence electrons. The van der Waals surface area contributed by atoms with Crippen LogP contribution in [0.1, 0.15) is 24.3 Å². The molecule has 0 unspecified atom stereocenters. The molecule has 9 heteroatoms. The van der Waals surface area contributed by atoms with Gasteiger partial charge in [-0.3, -0.25) is 4.79 Å². The van der Waals surface area contributed by atoms with Gasteiger partial charge in [0.15, 0.2) is 0 Å². The summed E-state index contributed by atoms with van der Waals surface area (Å²) in [4.78, 5) is 12.6. The lowest BCUT2D eigenvalue weighted by Gasteiger charge is -2.07. The zero-order valence-corrected chi connectivity index (χ0v) is 17.7. The number of hydrogen-bond donors (Lipinski definition) is 2. The van der Waals surface area contributed by atoms with Crippen molar-refractivity contribution >= 4 is 33.0 Å². The molecule has 0 spiro atoms. The van der Waals surface area contributed by atoms with Crippen LogP contribution in [0.15, 0.2) is 82.0 Å². The van der Waals surface area contributed by atoms with E-state index in [-0.39, 0.29) is 16.6 Å². The molecule has 0 bridgehead atoms. The Hall–Kier alpha value is -3.30. The van der Waals surface area contributed by atoms with Crippen LogP contribution in [0.3, 0.4) is 0 Å². The van der Waals surface area contributed by atoms with Gasteiger partial charge >= 0.3 is 0 Å². The minimum Gasteiger partial charge on any atom is -0.345 e. The van der Waals surface area contributed by atoms with E-state index in [1.165, 1.54) is 16.8 Å². The normalized spacial score (nSPS) is 11.9. The third-order valence-electron chi connectivity index (χ3n) is 4.08. The summed E-state index contributed by atoms with van der Waals surface area (Å²) in [6, 6.07) is 17.3. The molecule has 3 aromatic rings. The fourth-order valence-electron chi connectivity index (χ4n) is 2.70. The second-order valence-corrected chi connectivity index (χ2v) is 8.70. The van der Waals surface area contributed by atoms with E-state index in [2.05, 4.69) is 20.3 Å². The number of hydrogen-bond acceptors (Lipinski definition) is 5. The highest BCUT2D eigenvalue weighted by molar-refractivity contribution is 7.89. The van der Waals surface area contributed by atoms with Gasteiger partial charge in [-0.2, -0.15) is 10.2 Å². The highest BCUT2D eigenvalue weighted by Crippen LogP contribution is 2.21. The van der Waals surface area contributed by atoms with Crippen LogP contribution in [0.4, 0.5) is 17.1 Å². The predicted octanol–water partition coefficient (Wildman–Crippen LogP) is 4.38. The molecule has 2 aromatic carbocycles. The van der Waals surface area contributed by atoms with E-state index in [1.807, 2.05) is 30.3 Å². The first-order chi connectivity index (χ1) is 14.2. The Kier molecular flexibility index (Phi) is 6.43. The summed E-state index contributed by atoms with van der Waals surface area (Å²) < 4.78 is 28.6. The second kappa shape index (κ2) is 9.02. The van der Waals surface area contributed by atoms with Crippen LogP contribution in [-0.4, -0.2) is 24.9 Å². The number of carbonyl (C=O) groups excluding carboxylic acids is 1. The summed E-state index contributed by atoms with van der Waals surface area (Å²) in [5.74, 6) is -0.415. The van der Waals surface area contributed by atoms with Crippen molar-refractivity contribution in [1.29, 1.82) is 0 Å².